The summed E-state index contributed by atoms with van der Waals surface area (Å²) in [6, 6.07) is 3.72. The second kappa shape index (κ2) is 6.67. The lowest BCUT2D eigenvalue weighted by molar-refractivity contribution is 0.0696. The van der Waals surface area contributed by atoms with E-state index in [1.807, 2.05) is 20.1 Å². The SMILES string of the molecule is COc1ccc(C(=O)O)cc1S(=O)(=O)NCC(C)(C)SC. The number of thioether (sulfide) groups is 1. The van der Waals surface area contributed by atoms with Gasteiger partial charge in [-0.3, -0.25) is 0 Å². The molecule has 0 heterocycles. The molecule has 0 unspecified atom stereocenters. The third-order valence-electron chi connectivity index (χ3n) is 2.94. The van der Waals surface area contributed by atoms with Gasteiger partial charge in [-0.15, -0.1) is 0 Å². The maximum Gasteiger partial charge on any atom is 0.335 e. The van der Waals surface area contributed by atoms with E-state index in [1.54, 1.807) is 0 Å². The molecule has 0 saturated carbocycles. The topological polar surface area (TPSA) is 92.7 Å². The van der Waals surface area contributed by atoms with Crippen LogP contribution in [0.15, 0.2) is 23.1 Å². The Morgan fingerprint density at radius 3 is 2.52 bits per heavy atom. The zero-order valence-corrected chi connectivity index (χ0v) is 14.0. The first-order valence-corrected chi connectivity index (χ1v) is 8.80. The molecule has 21 heavy (non-hydrogen) atoms. The summed E-state index contributed by atoms with van der Waals surface area (Å²) < 4.78 is 31.9. The van der Waals surface area contributed by atoms with Crippen molar-refractivity contribution in [3.63, 3.8) is 0 Å². The van der Waals surface area contributed by atoms with E-state index in [4.69, 9.17) is 9.84 Å². The molecule has 6 nitrogen and oxygen atoms in total. The van der Waals surface area contributed by atoms with Gasteiger partial charge in [0.25, 0.3) is 0 Å². The van der Waals surface area contributed by atoms with Crippen molar-refractivity contribution in [2.75, 3.05) is 19.9 Å². The first-order valence-electron chi connectivity index (χ1n) is 6.09. The highest BCUT2D eigenvalue weighted by molar-refractivity contribution is 8.00. The minimum atomic E-state index is -3.85. The molecule has 1 aromatic rings. The van der Waals surface area contributed by atoms with E-state index in [2.05, 4.69) is 4.72 Å². The van der Waals surface area contributed by atoms with Crippen molar-refractivity contribution < 1.29 is 23.1 Å². The fourth-order valence-electron chi connectivity index (χ4n) is 1.44. The Labute approximate surface area is 128 Å². The summed E-state index contributed by atoms with van der Waals surface area (Å²) in [7, 11) is -2.52. The van der Waals surface area contributed by atoms with Gasteiger partial charge in [0.2, 0.25) is 10.0 Å². The minimum absolute atomic E-state index is 0.106. The quantitative estimate of drug-likeness (QED) is 0.790. The van der Waals surface area contributed by atoms with E-state index in [9.17, 15) is 13.2 Å². The van der Waals surface area contributed by atoms with Crippen LogP contribution >= 0.6 is 11.8 Å². The molecule has 1 rings (SSSR count). The maximum absolute atomic E-state index is 12.4. The second-order valence-electron chi connectivity index (χ2n) is 4.96. The molecule has 0 aliphatic rings. The Bertz CT molecular complexity index is 625. The fourth-order valence-corrected chi connectivity index (χ4v) is 3.15. The van der Waals surface area contributed by atoms with Gasteiger partial charge in [-0.1, -0.05) is 0 Å². The zero-order chi connectivity index (χ0) is 16.3. The van der Waals surface area contributed by atoms with Crippen molar-refractivity contribution in [1.82, 2.24) is 4.72 Å². The van der Waals surface area contributed by atoms with E-state index in [-0.39, 0.29) is 27.5 Å². The molecule has 0 saturated heterocycles. The van der Waals surface area contributed by atoms with Crippen LogP contribution in [0, 0.1) is 0 Å². The molecule has 0 spiro atoms. The molecule has 0 aliphatic carbocycles. The van der Waals surface area contributed by atoms with Crippen LogP contribution in [0.1, 0.15) is 24.2 Å². The van der Waals surface area contributed by atoms with E-state index < -0.39 is 16.0 Å². The molecule has 1 aromatic carbocycles. The fraction of sp³-hybridized carbons (Fsp3) is 0.462. The van der Waals surface area contributed by atoms with Crippen LogP contribution in [0.5, 0.6) is 5.75 Å². The number of rotatable bonds is 7. The summed E-state index contributed by atoms with van der Waals surface area (Å²) in [5.74, 6) is -1.09. The molecule has 0 radical (unpaired) electrons. The Hall–Kier alpha value is -1.25. The summed E-state index contributed by atoms with van der Waals surface area (Å²) in [6.07, 6.45) is 1.89. The lowest BCUT2D eigenvalue weighted by atomic mass is 10.2. The molecule has 8 heteroatoms. The van der Waals surface area contributed by atoms with Crippen LogP contribution in [0.2, 0.25) is 0 Å². The van der Waals surface area contributed by atoms with Crippen molar-refractivity contribution in [2.45, 2.75) is 23.5 Å². The molecular formula is C13H19NO5S2. The maximum atomic E-state index is 12.4. The van der Waals surface area contributed by atoms with Gasteiger partial charge in [0.05, 0.1) is 12.7 Å². The Kier molecular flexibility index (Phi) is 5.66. The molecule has 2 N–H and O–H groups in total. The number of carboxylic acid groups (broad SMARTS) is 1. The van der Waals surface area contributed by atoms with Gasteiger partial charge < -0.3 is 9.84 Å². The van der Waals surface area contributed by atoms with Crippen LogP contribution in [-0.2, 0) is 10.0 Å². The average Bonchev–Trinajstić information content (AvgIpc) is 2.44. The molecule has 0 aromatic heterocycles. The normalized spacial score (nSPS) is 12.2. The first kappa shape index (κ1) is 17.8. The number of hydrogen-bond donors (Lipinski definition) is 2. The summed E-state index contributed by atoms with van der Waals surface area (Å²) >= 11 is 1.53. The molecule has 0 bridgehead atoms. The molecule has 0 fully saturated rings. The molecule has 0 atom stereocenters. The lowest BCUT2D eigenvalue weighted by Gasteiger charge is -2.22. The summed E-state index contributed by atoms with van der Waals surface area (Å²) in [5, 5.41) is 8.98. The van der Waals surface area contributed by atoms with Gasteiger partial charge >= 0.3 is 5.97 Å². The molecule has 118 valence electrons. The van der Waals surface area contributed by atoms with E-state index >= 15 is 0 Å². The molecule has 0 amide bonds. The number of benzene rings is 1. The predicted molar refractivity (Wildman–Crippen MR) is 82.7 cm³/mol. The summed E-state index contributed by atoms with van der Waals surface area (Å²) in [5.41, 5.74) is -0.111. The standard InChI is InChI=1S/C13H19NO5S2/c1-13(2,20-4)8-14-21(17,18)11-7-9(12(15)16)5-6-10(11)19-3/h5-7,14H,8H2,1-4H3,(H,15,16). The van der Waals surface area contributed by atoms with Gasteiger partial charge in [0.15, 0.2) is 0 Å². The largest absolute Gasteiger partial charge is 0.495 e. The van der Waals surface area contributed by atoms with Crippen molar-refractivity contribution in [3.05, 3.63) is 23.8 Å². The van der Waals surface area contributed by atoms with Gasteiger partial charge in [-0.25, -0.2) is 17.9 Å². The molecular weight excluding hydrogens is 314 g/mol. The van der Waals surface area contributed by atoms with Crippen molar-refractivity contribution >= 4 is 27.8 Å². The second-order valence-corrected chi connectivity index (χ2v) is 8.21. The average molecular weight is 333 g/mol. The van der Waals surface area contributed by atoms with Gasteiger partial charge in [0, 0.05) is 11.3 Å². The smallest absolute Gasteiger partial charge is 0.335 e. The third kappa shape index (κ3) is 4.62. The van der Waals surface area contributed by atoms with Gasteiger partial charge in [-0.2, -0.15) is 11.8 Å². The predicted octanol–water partition coefficient (Wildman–Crippen LogP) is 1.81. The van der Waals surface area contributed by atoms with Crippen molar-refractivity contribution in [3.8, 4) is 5.75 Å². The Morgan fingerprint density at radius 2 is 2.05 bits per heavy atom. The minimum Gasteiger partial charge on any atom is -0.495 e. The highest BCUT2D eigenvalue weighted by Gasteiger charge is 2.25. The number of carbonyl (C=O) groups is 1. The van der Waals surface area contributed by atoms with E-state index in [0.717, 1.165) is 6.07 Å². The number of carboxylic acids is 1. The number of methoxy groups -OCH3 is 1. The monoisotopic (exact) mass is 333 g/mol. The van der Waals surface area contributed by atoms with Crippen molar-refractivity contribution in [2.24, 2.45) is 0 Å². The lowest BCUT2D eigenvalue weighted by Crippen LogP contribution is -2.36. The van der Waals surface area contributed by atoms with Crippen LogP contribution in [0.3, 0.4) is 0 Å². The molecule has 0 aliphatic heterocycles. The summed E-state index contributed by atoms with van der Waals surface area (Å²) in [6.45, 7) is 4.03. The number of nitrogens with one attached hydrogen (secondary N) is 1. The van der Waals surface area contributed by atoms with E-state index in [0.29, 0.717) is 0 Å². The Balaban J connectivity index is 3.17. The Morgan fingerprint density at radius 1 is 1.43 bits per heavy atom. The van der Waals surface area contributed by atoms with E-state index in [1.165, 1.54) is 31.0 Å². The van der Waals surface area contributed by atoms with Gasteiger partial charge in [0.1, 0.15) is 10.6 Å². The highest BCUT2D eigenvalue weighted by atomic mass is 32.2. The van der Waals surface area contributed by atoms with Crippen LogP contribution in [0.25, 0.3) is 0 Å². The van der Waals surface area contributed by atoms with Crippen LogP contribution in [-0.4, -0.2) is 44.2 Å². The first-order chi connectivity index (χ1) is 9.63. The number of ether oxygens (including phenoxy) is 1. The third-order valence-corrected chi connectivity index (χ3v) is 5.61. The number of sulfonamides is 1. The van der Waals surface area contributed by atoms with Crippen LogP contribution < -0.4 is 9.46 Å². The zero-order valence-electron chi connectivity index (χ0n) is 12.3. The van der Waals surface area contributed by atoms with Crippen molar-refractivity contribution in [1.29, 1.82) is 0 Å². The van der Waals surface area contributed by atoms with Gasteiger partial charge in [-0.05, 0) is 38.3 Å². The number of aromatic carboxylic acids is 1. The summed E-state index contributed by atoms with van der Waals surface area (Å²) in [4.78, 5) is 10.8. The highest BCUT2D eigenvalue weighted by Crippen LogP contribution is 2.26. The number of hydrogen-bond acceptors (Lipinski definition) is 5. The van der Waals surface area contributed by atoms with Crippen LogP contribution in [0.4, 0.5) is 0 Å².